The third kappa shape index (κ3) is 1.88. The Balaban J connectivity index is 1.93. The molecule has 3 aliphatic rings. The topological polar surface area (TPSA) is 20.3 Å². The highest BCUT2D eigenvalue weighted by atomic mass is 16.1. The first-order valence-corrected chi connectivity index (χ1v) is 6.31. The van der Waals surface area contributed by atoms with E-state index in [0.29, 0.717) is 5.78 Å². The summed E-state index contributed by atoms with van der Waals surface area (Å²) in [7, 11) is 0. The molecule has 0 amide bonds. The van der Waals surface area contributed by atoms with Gasteiger partial charge in [-0.25, -0.2) is 0 Å². The highest BCUT2D eigenvalue weighted by Gasteiger charge is 2.36. The van der Waals surface area contributed by atoms with Gasteiger partial charge in [-0.05, 0) is 31.4 Å². The second-order valence-corrected chi connectivity index (χ2v) is 5.07. The summed E-state index contributed by atoms with van der Waals surface area (Å²) in [4.78, 5) is 14.4. The van der Waals surface area contributed by atoms with Crippen molar-refractivity contribution in [2.24, 2.45) is 5.92 Å². The standard InChI is InChI=1S/C15H17NO/c1-11-2-4-12(5-3-11)10-14-15(17)13-6-8-16(14)9-7-13/h2-5,10,13H,6-9H2,1H3/b14-10+. The monoisotopic (exact) mass is 227 g/mol. The summed E-state index contributed by atoms with van der Waals surface area (Å²) in [5.74, 6) is 0.639. The maximum absolute atomic E-state index is 12.1. The summed E-state index contributed by atoms with van der Waals surface area (Å²) < 4.78 is 0. The Morgan fingerprint density at radius 3 is 2.41 bits per heavy atom. The van der Waals surface area contributed by atoms with E-state index in [2.05, 4.69) is 36.1 Å². The number of hydrogen-bond acceptors (Lipinski definition) is 2. The van der Waals surface area contributed by atoms with Crippen molar-refractivity contribution in [3.8, 4) is 0 Å². The molecule has 3 saturated heterocycles. The van der Waals surface area contributed by atoms with Crippen LogP contribution in [0.4, 0.5) is 0 Å². The highest BCUT2D eigenvalue weighted by molar-refractivity contribution is 6.01. The van der Waals surface area contributed by atoms with Gasteiger partial charge in [-0.15, -0.1) is 0 Å². The van der Waals surface area contributed by atoms with Crippen molar-refractivity contribution >= 4 is 11.9 Å². The van der Waals surface area contributed by atoms with E-state index in [1.165, 1.54) is 5.56 Å². The minimum absolute atomic E-state index is 0.289. The van der Waals surface area contributed by atoms with Crippen LogP contribution >= 0.6 is 0 Å². The fourth-order valence-corrected chi connectivity index (χ4v) is 2.73. The van der Waals surface area contributed by atoms with Crippen molar-refractivity contribution in [3.05, 3.63) is 41.1 Å². The molecule has 2 bridgehead atoms. The molecule has 0 aliphatic carbocycles. The summed E-state index contributed by atoms with van der Waals surface area (Å²) in [5, 5.41) is 0. The minimum Gasteiger partial charge on any atom is -0.369 e. The lowest BCUT2D eigenvalue weighted by atomic mass is 9.84. The molecule has 4 rings (SSSR count). The van der Waals surface area contributed by atoms with E-state index in [4.69, 9.17) is 0 Å². The Kier molecular flexibility index (Phi) is 2.50. The van der Waals surface area contributed by atoms with Crippen LogP contribution in [-0.4, -0.2) is 23.8 Å². The van der Waals surface area contributed by atoms with Gasteiger partial charge in [0.1, 0.15) is 0 Å². The van der Waals surface area contributed by atoms with Crippen LogP contribution in [0.25, 0.3) is 6.08 Å². The average Bonchev–Trinajstić information content (AvgIpc) is 2.37. The molecule has 0 spiro atoms. The predicted molar refractivity (Wildman–Crippen MR) is 68.5 cm³/mol. The number of hydrogen-bond donors (Lipinski definition) is 0. The molecule has 3 heterocycles. The molecule has 1 aromatic rings. The van der Waals surface area contributed by atoms with Crippen LogP contribution in [-0.2, 0) is 4.79 Å². The Hall–Kier alpha value is -1.57. The zero-order chi connectivity index (χ0) is 11.8. The van der Waals surface area contributed by atoms with Crippen molar-refractivity contribution in [1.29, 1.82) is 0 Å². The van der Waals surface area contributed by atoms with Crippen LogP contribution < -0.4 is 0 Å². The molecule has 0 unspecified atom stereocenters. The molecule has 2 nitrogen and oxygen atoms in total. The van der Waals surface area contributed by atoms with Crippen LogP contribution in [0.15, 0.2) is 30.0 Å². The lowest BCUT2D eigenvalue weighted by Crippen LogP contribution is -2.45. The van der Waals surface area contributed by atoms with Crippen molar-refractivity contribution in [2.45, 2.75) is 19.8 Å². The van der Waals surface area contributed by atoms with Crippen LogP contribution in [0, 0.1) is 12.8 Å². The van der Waals surface area contributed by atoms with Crippen molar-refractivity contribution < 1.29 is 4.79 Å². The van der Waals surface area contributed by atoms with Crippen molar-refractivity contribution in [3.63, 3.8) is 0 Å². The van der Waals surface area contributed by atoms with Gasteiger partial charge in [0.2, 0.25) is 0 Å². The Labute approximate surface area is 102 Å². The maximum atomic E-state index is 12.1. The number of aryl methyl sites for hydroxylation is 1. The second kappa shape index (κ2) is 4.02. The Morgan fingerprint density at radius 1 is 1.18 bits per heavy atom. The number of fused-ring (bicyclic) bond motifs is 3. The van der Waals surface area contributed by atoms with Crippen LogP contribution in [0.2, 0.25) is 0 Å². The van der Waals surface area contributed by atoms with Gasteiger partial charge >= 0.3 is 0 Å². The molecule has 3 fully saturated rings. The molecule has 88 valence electrons. The van der Waals surface area contributed by atoms with E-state index >= 15 is 0 Å². The molecule has 0 aromatic heterocycles. The zero-order valence-corrected chi connectivity index (χ0v) is 10.1. The molecule has 0 N–H and O–H groups in total. The van der Waals surface area contributed by atoms with Crippen molar-refractivity contribution in [2.75, 3.05) is 13.1 Å². The lowest BCUT2D eigenvalue weighted by molar-refractivity contribution is -0.125. The summed E-state index contributed by atoms with van der Waals surface area (Å²) in [6.07, 6.45) is 4.14. The van der Waals surface area contributed by atoms with E-state index in [0.717, 1.165) is 37.2 Å². The van der Waals surface area contributed by atoms with Gasteiger partial charge in [0.25, 0.3) is 0 Å². The smallest absolute Gasteiger partial charge is 0.182 e. The van der Waals surface area contributed by atoms with E-state index in [1.54, 1.807) is 0 Å². The van der Waals surface area contributed by atoms with Gasteiger partial charge in [0.15, 0.2) is 5.78 Å². The number of Topliss-reactive ketones (excluding diaryl/α,β-unsaturated/α-hetero) is 1. The first kappa shape index (κ1) is 10.6. The number of rotatable bonds is 1. The lowest BCUT2D eigenvalue weighted by Gasteiger charge is -2.41. The van der Waals surface area contributed by atoms with Gasteiger partial charge in [0.05, 0.1) is 5.70 Å². The van der Waals surface area contributed by atoms with Gasteiger partial charge in [0, 0.05) is 19.0 Å². The Morgan fingerprint density at radius 2 is 1.82 bits per heavy atom. The van der Waals surface area contributed by atoms with Crippen molar-refractivity contribution in [1.82, 2.24) is 4.90 Å². The summed E-state index contributed by atoms with van der Waals surface area (Å²) in [6.45, 7) is 4.18. The summed E-state index contributed by atoms with van der Waals surface area (Å²) in [6, 6.07) is 8.35. The van der Waals surface area contributed by atoms with E-state index in [9.17, 15) is 4.79 Å². The van der Waals surface area contributed by atoms with Gasteiger partial charge in [-0.3, -0.25) is 4.79 Å². The van der Waals surface area contributed by atoms with Gasteiger partial charge in [-0.1, -0.05) is 29.8 Å². The number of piperidine rings is 3. The van der Waals surface area contributed by atoms with Crippen LogP contribution in [0.5, 0.6) is 0 Å². The normalized spacial score (nSPS) is 22.5. The quantitative estimate of drug-likeness (QED) is 0.687. The number of benzene rings is 1. The molecule has 17 heavy (non-hydrogen) atoms. The molecule has 3 aliphatic heterocycles. The molecule has 2 heteroatoms. The number of carbonyl (C=O) groups excluding carboxylic acids is 1. The third-order valence-electron chi connectivity index (χ3n) is 3.84. The number of carbonyl (C=O) groups is 1. The fourth-order valence-electron chi connectivity index (χ4n) is 2.73. The average molecular weight is 227 g/mol. The fraction of sp³-hybridized carbons (Fsp3) is 0.400. The minimum atomic E-state index is 0.289. The number of ketones is 1. The van der Waals surface area contributed by atoms with Gasteiger partial charge < -0.3 is 4.90 Å². The molecule has 1 aromatic carbocycles. The predicted octanol–water partition coefficient (Wildman–Crippen LogP) is 2.63. The molecule has 0 radical (unpaired) electrons. The van der Waals surface area contributed by atoms with E-state index in [-0.39, 0.29) is 5.92 Å². The molecular weight excluding hydrogens is 210 g/mol. The SMILES string of the molecule is Cc1ccc(/C=C2\C(=O)C3CCN2CC3)cc1. The van der Waals surface area contributed by atoms with Gasteiger partial charge in [-0.2, -0.15) is 0 Å². The highest BCUT2D eigenvalue weighted by Crippen LogP contribution is 2.32. The molecule has 0 atom stereocenters. The summed E-state index contributed by atoms with van der Waals surface area (Å²) >= 11 is 0. The third-order valence-corrected chi connectivity index (χ3v) is 3.84. The van der Waals surface area contributed by atoms with E-state index < -0.39 is 0 Å². The Bertz CT molecular complexity index is 464. The molecular formula is C15H17NO. The molecule has 0 saturated carbocycles. The number of allylic oxidation sites excluding steroid dienone is 1. The first-order chi connectivity index (χ1) is 8.24. The van der Waals surface area contributed by atoms with Crippen LogP contribution in [0.1, 0.15) is 24.0 Å². The van der Waals surface area contributed by atoms with E-state index in [1.807, 2.05) is 6.08 Å². The summed E-state index contributed by atoms with van der Waals surface area (Å²) in [5.41, 5.74) is 3.31. The number of nitrogens with zero attached hydrogens (tertiary/aromatic N) is 1. The zero-order valence-electron chi connectivity index (χ0n) is 10.1. The second-order valence-electron chi connectivity index (χ2n) is 5.07. The van der Waals surface area contributed by atoms with Crippen LogP contribution in [0.3, 0.4) is 0 Å². The first-order valence-electron chi connectivity index (χ1n) is 6.31. The largest absolute Gasteiger partial charge is 0.369 e. The maximum Gasteiger partial charge on any atom is 0.182 e.